The van der Waals surface area contributed by atoms with Gasteiger partial charge in [-0.25, -0.2) is 0 Å². The van der Waals surface area contributed by atoms with Crippen LogP contribution >= 0.6 is 47.0 Å². The lowest BCUT2D eigenvalue weighted by molar-refractivity contribution is 0.589. The minimum absolute atomic E-state index is 0.937. The quantitative estimate of drug-likeness (QED) is 0.203. The highest BCUT2D eigenvalue weighted by Crippen LogP contribution is 2.67. The van der Waals surface area contributed by atoms with Gasteiger partial charge in [-0.15, -0.1) is 0 Å². The van der Waals surface area contributed by atoms with E-state index in [1.807, 2.05) is 71.3 Å². The molecule has 0 atom stereocenters. The number of fused-ring (bicyclic) bond motifs is 2. The summed E-state index contributed by atoms with van der Waals surface area (Å²) in [5.74, 6) is 3.75. The predicted octanol–water partition coefficient (Wildman–Crippen LogP) is 11.8. The molecule has 0 unspecified atom stereocenters. The van der Waals surface area contributed by atoms with Gasteiger partial charge in [0.25, 0.3) is 0 Å². The minimum atomic E-state index is 0.937. The second kappa shape index (κ2) is 10.2. The fraction of sp³-hybridized carbons (Fsp3) is 0. The molecule has 2 nitrogen and oxygen atoms in total. The summed E-state index contributed by atoms with van der Waals surface area (Å²) in [5.41, 5.74) is 4.39. The molecule has 4 aromatic carbocycles. The smallest absolute Gasteiger partial charge is 0.149 e. The molecule has 0 aliphatic carbocycles. The highest BCUT2D eigenvalue weighted by molar-refractivity contribution is 8.30. The zero-order valence-corrected chi connectivity index (χ0v) is 24.3. The van der Waals surface area contributed by atoms with E-state index in [0.29, 0.717) is 0 Å². The normalized spacial score (nSPS) is 14.0. The predicted molar refractivity (Wildman–Crippen MR) is 170 cm³/mol. The van der Waals surface area contributed by atoms with Gasteiger partial charge in [0.15, 0.2) is 0 Å². The van der Waals surface area contributed by atoms with Crippen LogP contribution in [0.15, 0.2) is 158 Å². The molecule has 40 heavy (non-hydrogen) atoms. The lowest BCUT2D eigenvalue weighted by Crippen LogP contribution is -1.77. The van der Waals surface area contributed by atoms with E-state index in [1.54, 1.807) is 0 Å². The largest absolute Gasteiger partial charge is 0.454 e. The Morgan fingerprint density at radius 3 is 0.750 bits per heavy atom. The van der Waals surface area contributed by atoms with Crippen LogP contribution in [0.4, 0.5) is 0 Å². The van der Waals surface area contributed by atoms with E-state index < -0.39 is 0 Å². The molecule has 0 radical (unpaired) electrons. The van der Waals surface area contributed by atoms with Crippen molar-refractivity contribution in [3.63, 3.8) is 0 Å². The Morgan fingerprint density at radius 1 is 0.300 bits per heavy atom. The first-order valence-corrected chi connectivity index (χ1v) is 16.1. The molecule has 6 heteroatoms. The maximum absolute atomic E-state index is 6.58. The van der Waals surface area contributed by atoms with E-state index in [2.05, 4.69) is 97.1 Å². The van der Waals surface area contributed by atoms with Crippen molar-refractivity contribution in [2.24, 2.45) is 0 Å². The maximum atomic E-state index is 6.58. The van der Waals surface area contributed by atoms with Crippen LogP contribution in [0.25, 0.3) is 45.3 Å². The molecule has 0 bridgehead atoms. The molecule has 192 valence electrons. The van der Waals surface area contributed by atoms with Crippen LogP contribution in [0.5, 0.6) is 0 Å². The van der Waals surface area contributed by atoms with E-state index >= 15 is 0 Å². The minimum Gasteiger partial charge on any atom is -0.454 e. The molecule has 2 aromatic heterocycles. The van der Waals surface area contributed by atoms with Crippen molar-refractivity contribution in [3.8, 4) is 45.3 Å². The first-order chi connectivity index (χ1) is 19.8. The topological polar surface area (TPSA) is 26.3 Å². The molecule has 0 saturated carbocycles. The fourth-order valence-corrected chi connectivity index (χ4v) is 10.5. The maximum Gasteiger partial charge on any atom is 0.149 e. The zero-order valence-electron chi connectivity index (χ0n) is 21.0. The zero-order chi connectivity index (χ0) is 26.5. The summed E-state index contributed by atoms with van der Waals surface area (Å²) >= 11 is 7.30. The molecular weight excluding hydrogens is 569 g/mol. The SMILES string of the molecule is c1ccc(-c2oc(-c3ccccc3)c3c2SC(=C2Sc4c(-c5ccccc5)oc(-c5ccccc5)c4S2)S3)cc1. The van der Waals surface area contributed by atoms with Gasteiger partial charge in [0, 0.05) is 22.3 Å². The third-order valence-corrected chi connectivity index (χ3v) is 12.4. The molecule has 0 fully saturated rings. The van der Waals surface area contributed by atoms with Crippen molar-refractivity contribution in [1.82, 2.24) is 0 Å². The number of hydrogen-bond donors (Lipinski definition) is 0. The Labute approximate surface area is 249 Å². The highest BCUT2D eigenvalue weighted by atomic mass is 32.2. The van der Waals surface area contributed by atoms with Gasteiger partial charge in [0.2, 0.25) is 0 Å². The van der Waals surface area contributed by atoms with Crippen molar-refractivity contribution >= 4 is 47.0 Å². The van der Waals surface area contributed by atoms with Crippen LogP contribution < -0.4 is 0 Å². The third-order valence-electron chi connectivity index (χ3n) is 6.74. The highest BCUT2D eigenvalue weighted by Gasteiger charge is 2.37. The molecule has 2 aliphatic heterocycles. The lowest BCUT2D eigenvalue weighted by atomic mass is 10.1. The van der Waals surface area contributed by atoms with E-state index in [9.17, 15) is 0 Å². The molecule has 4 heterocycles. The van der Waals surface area contributed by atoms with E-state index in [4.69, 9.17) is 8.83 Å². The fourth-order valence-electron chi connectivity index (χ4n) is 4.87. The van der Waals surface area contributed by atoms with Gasteiger partial charge in [-0.1, -0.05) is 168 Å². The molecule has 6 aromatic rings. The summed E-state index contributed by atoms with van der Waals surface area (Å²) in [6.45, 7) is 0. The Bertz CT molecular complexity index is 1600. The van der Waals surface area contributed by atoms with Crippen LogP contribution in [0.1, 0.15) is 0 Å². The number of furan rings is 2. The van der Waals surface area contributed by atoms with Crippen molar-refractivity contribution in [3.05, 3.63) is 130 Å². The summed E-state index contributed by atoms with van der Waals surface area (Å²) in [6, 6.07) is 41.7. The Morgan fingerprint density at radius 2 is 0.525 bits per heavy atom. The van der Waals surface area contributed by atoms with Gasteiger partial charge in [0.05, 0.1) is 28.1 Å². The van der Waals surface area contributed by atoms with Gasteiger partial charge in [-0.3, -0.25) is 0 Å². The Balaban J connectivity index is 1.23. The molecule has 8 rings (SSSR count). The van der Waals surface area contributed by atoms with E-state index in [0.717, 1.165) is 45.3 Å². The average molecular weight is 589 g/mol. The van der Waals surface area contributed by atoms with Gasteiger partial charge in [-0.2, -0.15) is 0 Å². The van der Waals surface area contributed by atoms with Gasteiger partial charge < -0.3 is 8.83 Å². The second-order valence-corrected chi connectivity index (χ2v) is 13.9. The van der Waals surface area contributed by atoms with Gasteiger partial charge >= 0.3 is 0 Å². The third kappa shape index (κ3) is 4.18. The van der Waals surface area contributed by atoms with Crippen molar-refractivity contribution in [2.75, 3.05) is 0 Å². The number of hydrogen-bond acceptors (Lipinski definition) is 6. The van der Waals surface area contributed by atoms with Crippen molar-refractivity contribution < 1.29 is 8.83 Å². The lowest BCUT2D eigenvalue weighted by Gasteiger charge is -2.06. The number of thioether (sulfide) groups is 4. The standard InChI is InChI=1S/C34H20O2S4/c1-5-13-21(14-6-1)25-29-30(26(35-25)22-15-7-2-8-16-22)38-33(37-29)34-39-31-27(23-17-9-3-10-18-23)36-28(32(31)40-34)24-19-11-4-12-20-24/h1-20H. The summed E-state index contributed by atoms with van der Waals surface area (Å²) in [7, 11) is 0. The first-order valence-electron chi connectivity index (χ1n) is 12.8. The van der Waals surface area contributed by atoms with Crippen LogP contribution in [0.3, 0.4) is 0 Å². The number of rotatable bonds is 4. The van der Waals surface area contributed by atoms with Crippen molar-refractivity contribution in [2.45, 2.75) is 19.6 Å². The summed E-state index contributed by atoms with van der Waals surface area (Å²) < 4.78 is 15.7. The van der Waals surface area contributed by atoms with E-state index in [1.165, 1.54) is 28.1 Å². The Kier molecular flexibility index (Phi) is 6.22. The molecule has 0 N–H and O–H groups in total. The summed E-state index contributed by atoms with van der Waals surface area (Å²) in [5, 5.41) is 0. The van der Waals surface area contributed by atoms with Crippen LogP contribution in [-0.4, -0.2) is 0 Å². The first kappa shape index (κ1) is 24.4. The molecule has 0 amide bonds. The van der Waals surface area contributed by atoms with Crippen molar-refractivity contribution in [1.29, 1.82) is 0 Å². The molecule has 0 spiro atoms. The van der Waals surface area contributed by atoms with E-state index in [-0.39, 0.29) is 0 Å². The van der Waals surface area contributed by atoms with Gasteiger partial charge in [0.1, 0.15) is 23.0 Å². The average Bonchev–Trinajstić information content (AvgIpc) is 3.79. The monoisotopic (exact) mass is 588 g/mol. The summed E-state index contributed by atoms with van der Waals surface area (Å²) in [4.78, 5) is 4.78. The number of benzene rings is 4. The summed E-state index contributed by atoms with van der Waals surface area (Å²) in [6.07, 6.45) is 0. The van der Waals surface area contributed by atoms with Gasteiger partial charge in [-0.05, 0) is 0 Å². The Hall–Kier alpha value is -3.42. The molecule has 0 saturated heterocycles. The molecular formula is C34H20O2S4. The van der Waals surface area contributed by atoms with Crippen LogP contribution in [0.2, 0.25) is 0 Å². The van der Waals surface area contributed by atoms with Crippen LogP contribution in [-0.2, 0) is 0 Å². The van der Waals surface area contributed by atoms with Crippen LogP contribution in [0, 0.1) is 0 Å². The second-order valence-electron chi connectivity index (χ2n) is 9.28. The molecule has 2 aliphatic rings.